The minimum Gasteiger partial charge on any atom is -0.330 e. The highest BCUT2D eigenvalue weighted by atomic mass is 32.2. The number of nitrogens with two attached hydrogens (primary N) is 1. The maximum absolute atomic E-state index is 12.3. The Morgan fingerprint density at radius 1 is 1.38 bits per heavy atom. The molecule has 1 aromatic rings. The van der Waals surface area contributed by atoms with Crippen LogP contribution < -0.4 is 5.73 Å². The van der Waals surface area contributed by atoms with Crippen LogP contribution in [0.15, 0.2) is 29.2 Å². The van der Waals surface area contributed by atoms with Crippen molar-refractivity contribution in [2.75, 3.05) is 32.4 Å². The lowest BCUT2D eigenvalue weighted by Crippen LogP contribution is -2.38. The minimum absolute atomic E-state index is 0.0268. The molecule has 0 atom stereocenters. The number of rotatable bonds is 7. The quantitative estimate of drug-likeness (QED) is 0.819. The lowest BCUT2D eigenvalue weighted by molar-refractivity contribution is 0.224. The van der Waals surface area contributed by atoms with Gasteiger partial charge in [0.2, 0.25) is 0 Å². The van der Waals surface area contributed by atoms with Gasteiger partial charge in [0.1, 0.15) is 0 Å². The van der Waals surface area contributed by atoms with E-state index in [1.165, 1.54) is 12.1 Å². The van der Waals surface area contributed by atoms with Gasteiger partial charge in [0.05, 0.1) is 22.3 Å². The summed E-state index contributed by atoms with van der Waals surface area (Å²) in [7, 11) is -1.49. The van der Waals surface area contributed by atoms with Crippen molar-refractivity contribution in [3.8, 4) is 6.07 Å². The van der Waals surface area contributed by atoms with E-state index in [0.717, 1.165) is 6.54 Å². The first-order chi connectivity index (χ1) is 9.70. The van der Waals surface area contributed by atoms with Gasteiger partial charge in [-0.05, 0) is 37.2 Å². The lowest BCUT2D eigenvalue weighted by atomic mass is 9.93. The molecule has 0 radical (unpaired) electrons. The van der Waals surface area contributed by atoms with E-state index in [2.05, 4.69) is 0 Å². The van der Waals surface area contributed by atoms with E-state index >= 15 is 0 Å². The Balaban J connectivity index is 2.71. The molecule has 0 aromatic heterocycles. The Bertz CT molecular complexity index is 618. The van der Waals surface area contributed by atoms with Crippen LogP contribution in [0.2, 0.25) is 0 Å². The fourth-order valence-electron chi connectivity index (χ4n) is 2.03. The molecular weight excluding hydrogens is 286 g/mol. The highest BCUT2D eigenvalue weighted by Crippen LogP contribution is 2.16. The molecule has 2 N–H and O–H groups in total. The molecule has 0 spiro atoms. The normalized spacial score (nSPS) is 12.4. The molecule has 0 fully saturated rings. The molecule has 6 heteroatoms. The fourth-order valence-corrected chi connectivity index (χ4v) is 3.41. The maximum Gasteiger partial charge on any atom is 0.179 e. The van der Waals surface area contributed by atoms with E-state index in [-0.39, 0.29) is 16.1 Å². The zero-order valence-corrected chi connectivity index (χ0v) is 13.7. The molecule has 0 saturated carbocycles. The second-order valence-electron chi connectivity index (χ2n) is 6.06. The summed E-state index contributed by atoms with van der Waals surface area (Å²) in [5, 5.41) is 8.84. The first kappa shape index (κ1) is 17.6. The zero-order valence-electron chi connectivity index (χ0n) is 12.8. The first-order valence-electron chi connectivity index (χ1n) is 6.82. The molecule has 0 heterocycles. The highest BCUT2D eigenvalue weighted by Gasteiger charge is 2.20. The van der Waals surface area contributed by atoms with Gasteiger partial charge in [0.15, 0.2) is 9.84 Å². The monoisotopic (exact) mass is 309 g/mol. The Kier molecular flexibility index (Phi) is 5.90. The molecule has 0 aliphatic carbocycles. The summed E-state index contributed by atoms with van der Waals surface area (Å²) in [6.45, 7) is 5.82. The van der Waals surface area contributed by atoms with Gasteiger partial charge in [-0.1, -0.05) is 19.9 Å². The summed E-state index contributed by atoms with van der Waals surface area (Å²) in [6.07, 6.45) is 0. The molecule has 0 amide bonds. The van der Waals surface area contributed by atoms with Crippen LogP contribution in [0.25, 0.3) is 0 Å². The third-order valence-corrected chi connectivity index (χ3v) is 5.01. The van der Waals surface area contributed by atoms with Crippen molar-refractivity contribution in [2.45, 2.75) is 18.7 Å². The second kappa shape index (κ2) is 7.03. The number of hydrogen-bond acceptors (Lipinski definition) is 5. The van der Waals surface area contributed by atoms with Gasteiger partial charge >= 0.3 is 0 Å². The fraction of sp³-hybridized carbons (Fsp3) is 0.533. The number of hydrogen-bond donors (Lipinski definition) is 1. The molecular formula is C15H23N3O2S. The van der Waals surface area contributed by atoms with Gasteiger partial charge in [0.25, 0.3) is 0 Å². The van der Waals surface area contributed by atoms with E-state index < -0.39 is 9.84 Å². The predicted molar refractivity (Wildman–Crippen MR) is 83.5 cm³/mol. The van der Waals surface area contributed by atoms with Crippen LogP contribution in [0, 0.1) is 16.7 Å². The summed E-state index contributed by atoms with van der Waals surface area (Å²) in [5.41, 5.74) is 6.00. The Morgan fingerprint density at radius 3 is 2.62 bits per heavy atom. The highest BCUT2D eigenvalue weighted by molar-refractivity contribution is 7.91. The van der Waals surface area contributed by atoms with Gasteiger partial charge in [-0.2, -0.15) is 5.26 Å². The molecule has 21 heavy (non-hydrogen) atoms. The summed E-state index contributed by atoms with van der Waals surface area (Å²) in [5.74, 6) is 0.0268. The lowest BCUT2D eigenvalue weighted by Gasteiger charge is -2.28. The largest absolute Gasteiger partial charge is 0.330 e. The third-order valence-electron chi connectivity index (χ3n) is 3.31. The van der Waals surface area contributed by atoms with Gasteiger partial charge in [-0.3, -0.25) is 0 Å². The Hall–Kier alpha value is -1.42. The Labute approximate surface area is 127 Å². The third kappa shape index (κ3) is 5.46. The van der Waals surface area contributed by atoms with Crippen LogP contribution in [0.3, 0.4) is 0 Å². The van der Waals surface area contributed by atoms with Crippen molar-refractivity contribution in [1.29, 1.82) is 5.26 Å². The van der Waals surface area contributed by atoms with E-state index in [9.17, 15) is 8.42 Å². The molecule has 0 unspecified atom stereocenters. The first-order valence-corrected chi connectivity index (χ1v) is 8.47. The molecule has 1 rings (SSSR count). The van der Waals surface area contributed by atoms with Crippen molar-refractivity contribution < 1.29 is 8.42 Å². The van der Waals surface area contributed by atoms with Crippen LogP contribution in [-0.4, -0.2) is 45.8 Å². The predicted octanol–water partition coefficient (Wildman–Crippen LogP) is 1.25. The van der Waals surface area contributed by atoms with Crippen molar-refractivity contribution in [3.05, 3.63) is 29.8 Å². The van der Waals surface area contributed by atoms with Gasteiger partial charge in [0, 0.05) is 13.1 Å². The van der Waals surface area contributed by atoms with E-state index in [4.69, 9.17) is 11.0 Å². The molecule has 1 aromatic carbocycles. The molecule has 116 valence electrons. The van der Waals surface area contributed by atoms with Gasteiger partial charge in [-0.15, -0.1) is 0 Å². The number of sulfone groups is 1. The van der Waals surface area contributed by atoms with E-state index in [1.807, 2.05) is 31.9 Å². The van der Waals surface area contributed by atoms with Crippen molar-refractivity contribution in [3.63, 3.8) is 0 Å². The van der Waals surface area contributed by atoms with Crippen molar-refractivity contribution in [2.24, 2.45) is 11.1 Å². The smallest absolute Gasteiger partial charge is 0.179 e. The van der Waals surface area contributed by atoms with Crippen LogP contribution in [-0.2, 0) is 9.84 Å². The molecule has 0 aliphatic rings. The zero-order chi connectivity index (χ0) is 16.1. The summed E-state index contributed by atoms with van der Waals surface area (Å²) in [4.78, 5) is 2.17. The standard InChI is InChI=1S/C15H23N3O2S/c1-15(2,11-17)12-18(3)7-8-21(19,20)14-6-4-5-13(9-14)10-16/h4-6,9H,7-8,11-12,17H2,1-3H3. The second-order valence-corrected chi connectivity index (χ2v) is 8.17. The van der Waals surface area contributed by atoms with Crippen molar-refractivity contribution >= 4 is 9.84 Å². The van der Waals surface area contributed by atoms with Crippen LogP contribution in [0.5, 0.6) is 0 Å². The number of nitriles is 1. The Morgan fingerprint density at radius 2 is 2.05 bits per heavy atom. The molecule has 5 nitrogen and oxygen atoms in total. The van der Waals surface area contributed by atoms with E-state index in [1.54, 1.807) is 12.1 Å². The average molecular weight is 309 g/mol. The SMILES string of the molecule is CN(CCS(=O)(=O)c1cccc(C#N)c1)CC(C)(C)CN. The molecule has 0 saturated heterocycles. The number of benzene rings is 1. The maximum atomic E-state index is 12.3. The topological polar surface area (TPSA) is 87.2 Å². The summed E-state index contributed by atoms with van der Waals surface area (Å²) < 4.78 is 24.6. The molecule has 0 aliphatic heterocycles. The van der Waals surface area contributed by atoms with Crippen LogP contribution >= 0.6 is 0 Å². The van der Waals surface area contributed by atoms with E-state index in [0.29, 0.717) is 18.7 Å². The van der Waals surface area contributed by atoms with Crippen molar-refractivity contribution in [1.82, 2.24) is 4.90 Å². The van der Waals surface area contributed by atoms with Gasteiger partial charge < -0.3 is 10.6 Å². The number of nitrogens with zero attached hydrogens (tertiary/aromatic N) is 2. The van der Waals surface area contributed by atoms with Crippen LogP contribution in [0.4, 0.5) is 0 Å². The van der Waals surface area contributed by atoms with Gasteiger partial charge in [-0.25, -0.2) is 8.42 Å². The summed E-state index contributed by atoms with van der Waals surface area (Å²) in [6, 6.07) is 8.08. The van der Waals surface area contributed by atoms with Crippen LogP contribution in [0.1, 0.15) is 19.4 Å². The minimum atomic E-state index is -3.37. The molecule has 0 bridgehead atoms. The summed E-state index contributed by atoms with van der Waals surface area (Å²) >= 11 is 0. The average Bonchev–Trinajstić information content (AvgIpc) is 2.45.